The fourth-order valence-electron chi connectivity index (χ4n) is 2.25. The molecule has 106 valence electrons. The summed E-state index contributed by atoms with van der Waals surface area (Å²) in [5.41, 5.74) is 3.84. The minimum atomic E-state index is 0.251. The van der Waals surface area contributed by atoms with E-state index in [0.29, 0.717) is 12.0 Å². The highest BCUT2D eigenvalue weighted by Gasteiger charge is 2.28. The van der Waals surface area contributed by atoms with Crippen molar-refractivity contribution in [2.45, 2.75) is 51.6 Å². The zero-order valence-electron chi connectivity index (χ0n) is 12.4. The molecule has 2 nitrogen and oxygen atoms in total. The third-order valence-corrected chi connectivity index (χ3v) is 4.70. The standard InChI is InChI=1S/C17H22N2S/c1-11(2)15-10-20-17(19-15)16(18-14-8-9-14)13-6-4-12(3)5-7-13/h4-7,10-11,14,16,18H,8-9H2,1-3H3. The summed E-state index contributed by atoms with van der Waals surface area (Å²) in [4.78, 5) is 4.85. The minimum absolute atomic E-state index is 0.251. The molecule has 0 saturated heterocycles. The zero-order valence-corrected chi connectivity index (χ0v) is 13.2. The monoisotopic (exact) mass is 286 g/mol. The van der Waals surface area contributed by atoms with Crippen LogP contribution in [-0.2, 0) is 0 Å². The molecule has 3 rings (SSSR count). The van der Waals surface area contributed by atoms with Crippen molar-refractivity contribution in [3.05, 3.63) is 51.5 Å². The van der Waals surface area contributed by atoms with Crippen molar-refractivity contribution >= 4 is 11.3 Å². The van der Waals surface area contributed by atoms with Gasteiger partial charge in [-0.2, -0.15) is 0 Å². The van der Waals surface area contributed by atoms with E-state index in [9.17, 15) is 0 Å². The van der Waals surface area contributed by atoms with Crippen LogP contribution < -0.4 is 5.32 Å². The van der Waals surface area contributed by atoms with Gasteiger partial charge in [-0.3, -0.25) is 0 Å². The molecule has 20 heavy (non-hydrogen) atoms. The molecular formula is C17H22N2S. The molecule has 0 bridgehead atoms. The lowest BCUT2D eigenvalue weighted by atomic mass is 10.1. The summed E-state index contributed by atoms with van der Waals surface area (Å²) in [6, 6.07) is 9.76. The lowest BCUT2D eigenvalue weighted by Crippen LogP contribution is -2.24. The fourth-order valence-corrected chi connectivity index (χ4v) is 3.32. The van der Waals surface area contributed by atoms with Crippen molar-refractivity contribution in [3.8, 4) is 0 Å². The van der Waals surface area contributed by atoms with E-state index < -0.39 is 0 Å². The molecule has 1 aromatic carbocycles. The Kier molecular flexibility index (Phi) is 3.90. The van der Waals surface area contributed by atoms with Crippen LogP contribution >= 0.6 is 11.3 Å². The van der Waals surface area contributed by atoms with E-state index in [1.54, 1.807) is 11.3 Å². The topological polar surface area (TPSA) is 24.9 Å². The molecule has 0 amide bonds. The van der Waals surface area contributed by atoms with Crippen LogP contribution in [0, 0.1) is 6.92 Å². The van der Waals surface area contributed by atoms with Crippen LogP contribution in [-0.4, -0.2) is 11.0 Å². The van der Waals surface area contributed by atoms with Crippen LogP contribution in [0.2, 0.25) is 0 Å². The molecule has 1 aromatic heterocycles. The first-order valence-corrected chi connectivity index (χ1v) is 8.29. The minimum Gasteiger partial charge on any atom is -0.301 e. The van der Waals surface area contributed by atoms with Gasteiger partial charge in [-0.15, -0.1) is 11.3 Å². The average Bonchev–Trinajstić information content (AvgIpc) is 3.11. The lowest BCUT2D eigenvalue weighted by molar-refractivity contribution is 0.595. The van der Waals surface area contributed by atoms with E-state index in [2.05, 4.69) is 55.7 Å². The number of thiazole rings is 1. The van der Waals surface area contributed by atoms with Crippen LogP contribution in [0.4, 0.5) is 0 Å². The Morgan fingerprint density at radius 3 is 2.45 bits per heavy atom. The SMILES string of the molecule is Cc1ccc(C(NC2CC2)c2nc(C(C)C)cs2)cc1. The van der Waals surface area contributed by atoms with Gasteiger partial charge < -0.3 is 5.32 Å². The second kappa shape index (κ2) is 5.66. The average molecular weight is 286 g/mol. The highest BCUT2D eigenvalue weighted by atomic mass is 32.1. The third kappa shape index (κ3) is 3.10. The molecule has 0 spiro atoms. The smallest absolute Gasteiger partial charge is 0.114 e. The van der Waals surface area contributed by atoms with E-state index in [1.807, 2.05) is 0 Å². The Balaban J connectivity index is 1.89. The van der Waals surface area contributed by atoms with Crippen molar-refractivity contribution in [2.24, 2.45) is 0 Å². The van der Waals surface area contributed by atoms with Crippen LogP contribution in [0.5, 0.6) is 0 Å². The Morgan fingerprint density at radius 2 is 1.90 bits per heavy atom. The number of aryl methyl sites for hydroxylation is 1. The Bertz CT molecular complexity index is 567. The molecule has 2 aromatic rings. The van der Waals surface area contributed by atoms with Gasteiger partial charge in [0.15, 0.2) is 0 Å². The number of hydrogen-bond acceptors (Lipinski definition) is 3. The Labute approximate surface area is 125 Å². The zero-order chi connectivity index (χ0) is 14.1. The van der Waals surface area contributed by atoms with E-state index in [1.165, 1.54) is 34.7 Å². The quantitative estimate of drug-likeness (QED) is 0.880. The van der Waals surface area contributed by atoms with E-state index in [-0.39, 0.29) is 6.04 Å². The van der Waals surface area contributed by atoms with Crippen molar-refractivity contribution in [1.82, 2.24) is 10.3 Å². The fraction of sp³-hybridized carbons (Fsp3) is 0.471. The van der Waals surface area contributed by atoms with Crippen LogP contribution in [0.25, 0.3) is 0 Å². The molecule has 1 unspecified atom stereocenters. The van der Waals surface area contributed by atoms with Crippen LogP contribution in [0.1, 0.15) is 60.5 Å². The van der Waals surface area contributed by atoms with E-state index >= 15 is 0 Å². The number of benzene rings is 1. The molecule has 1 fully saturated rings. The summed E-state index contributed by atoms with van der Waals surface area (Å²) in [5.74, 6) is 0.500. The van der Waals surface area contributed by atoms with Gasteiger partial charge in [-0.05, 0) is 31.2 Å². The molecule has 0 radical (unpaired) electrons. The number of rotatable bonds is 5. The van der Waals surface area contributed by atoms with Gasteiger partial charge in [0.2, 0.25) is 0 Å². The van der Waals surface area contributed by atoms with Gasteiger partial charge in [0.1, 0.15) is 5.01 Å². The predicted octanol–water partition coefficient (Wildman–Crippen LogP) is 4.42. The second-order valence-corrected chi connectivity index (χ2v) is 6.94. The van der Waals surface area contributed by atoms with E-state index in [4.69, 9.17) is 4.98 Å². The van der Waals surface area contributed by atoms with Crippen LogP contribution in [0.3, 0.4) is 0 Å². The maximum atomic E-state index is 4.85. The highest BCUT2D eigenvalue weighted by molar-refractivity contribution is 7.09. The molecule has 1 heterocycles. The number of nitrogens with zero attached hydrogens (tertiary/aromatic N) is 1. The molecule has 1 atom stereocenters. The molecule has 1 saturated carbocycles. The predicted molar refractivity (Wildman–Crippen MR) is 85.4 cm³/mol. The number of aromatic nitrogens is 1. The maximum Gasteiger partial charge on any atom is 0.114 e. The number of hydrogen-bond donors (Lipinski definition) is 1. The van der Waals surface area contributed by atoms with Crippen molar-refractivity contribution in [1.29, 1.82) is 0 Å². The second-order valence-electron chi connectivity index (χ2n) is 6.05. The van der Waals surface area contributed by atoms with Crippen molar-refractivity contribution < 1.29 is 0 Å². The maximum absolute atomic E-state index is 4.85. The molecule has 1 aliphatic carbocycles. The van der Waals surface area contributed by atoms with Gasteiger partial charge in [-0.25, -0.2) is 4.98 Å². The normalized spacial score (nSPS) is 16.6. The molecule has 3 heteroatoms. The third-order valence-electron chi connectivity index (χ3n) is 3.77. The summed E-state index contributed by atoms with van der Waals surface area (Å²) < 4.78 is 0. The van der Waals surface area contributed by atoms with Gasteiger partial charge in [0.25, 0.3) is 0 Å². The summed E-state index contributed by atoms with van der Waals surface area (Å²) in [6.07, 6.45) is 2.59. The molecular weight excluding hydrogens is 264 g/mol. The van der Waals surface area contributed by atoms with Gasteiger partial charge in [0, 0.05) is 11.4 Å². The van der Waals surface area contributed by atoms with Gasteiger partial charge in [-0.1, -0.05) is 43.7 Å². The van der Waals surface area contributed by atoms with Crippen LogP contribution in [0.15, 0.2) is 29.6 Å². The van der Waals surface area contributed by atoms with Crippen molar-refractivity contribution in [3.63, 3.8) is 0 Å². The lowest BCUT2D eigenvalue weighted by Gasteiger charge is -2.17. The Hall–Kier alpha value is -1.19. The first-order chi connectivity index (χ1) is 9.63. The molecule has 1 N–H and O–H groups in total. The van der Waals surface area contributed by atoms with Crippen molar-refractivity contribution in [2.75, 3.05) is 0 Å². The largest absolute Gasteiger partial charge is 0.301 e. The first-order valence-electron chi connectivity index (χ1n) is 7.41. The summed E-state index contributed by atoms with van der Waals surface area (Å²) in [5, 5.41) is 7.15. The highest BCUT2D eigenvalue weighted by Crippen LogP contribution is 2.31. The first kappa shape index (κ1) is 13.8. The summed E-state index contributed by atoms with van der Waals surface area (Å²) >= 11 is 1.78. The summed E-state index contributed by atoms with van der Waals surface area (Å²) in [6.45, 7) is 6.54. The van der Waals surface area contributed by atoms with E-state index in [0.717, 1.165) is 0 Å². The van der Waals surface area contributed by atoms with Gasteiger partial charge >= 0.3 is 0 Å². The Morgan fingerprint density at radius 1 is 1.20 bits per heavy atom. The molecule has 0 aliphatic heterocycles. The van der Waals surface area contributed by atoms with Gasteiger partial charge in [0.05, 0.1) is 11.7 Å². The number of nitrogens with one attached hydrogen (secondary N) is 1. The summed E-state index contributed by atoms with van der Waals surface area (Å²) in [7, 11) is 0. The molecule has 1 aliphatic rings.